The summed E-state index contributed by atoms with van der Waals surface area (Å²) in [6.07, 6.45) is 10.6. The van der Waals surface area contributed by atoms with Crippen molar-refractivity contribution in [1.82, 2.24) is 5.32 Å². The molecular weight excluding hydrogens is 274 g/mol. The first kappa shape index (κ1) is 14.8. The number of nitrogens with one attached hydrogen (secondary N) is 1. The zero-order valence-electron chi connectivity index (χ0n) is 12.4. The van der Waals surface area contributed by atoms with Gasteiger partial charge in [0.05, 0.1) is 17.0 Å². The summed E-state index contributed by atoms with van der Waals surface area (Å²) in [5.74, 6) is 0.787. The molecule has 0 radical (unpaired) electrons. The summed E-state index contributed by atoms with van der Waals surface area (Å²) in [7, 11) is -3.03. The summed E-state index contributed by atoms with van der Waals surface area (Å²) in [4.78, 5) is 0. The van der Waals surface area contributed by atoms with Crippen molar-refractivity contribution in [3.63, 3.8) is 0 Å². The van der Waals surface area contributed by atoms with E-state index in [-0.39, 0.29) is 11.4 Å². The molecule has 116 valence electrons. The summed E-state index contributed by atoms with van der Waals surface area (Å²) in [6, 6.07) is 0. The average molecular weight is 301 g/mol. The average Bonchev–Trinajstić information content (AvgIpc) is 2.99. The largest absolute Gasteiger partial charge is 0.368 e. The second-order valence-electron chi connectivity index (χ2n) is 7.03. The quantitative estimate of drug-likeness (QED) is 0.865. The van der Waals surface area contributed by atoms with Crippen LogP contribution in [-0.4, -0.2) is 44.7 Å². The zero-order valence-corrected chi connectivity index (χ0v) is 13.3. The lowest BCUT2D eigenvalue weighted by molar-refractivity contribution is -0.116. The third-order valence-electron chi connectivity index (χ3n) is 5.44. The molecule has 1 heterocycles. The van der Waals surface area contributed by atoms with Crippen molar-refractivity contribution in [2.24, 2.45) is 5.92 Å². The number of rotatable bonds is 3. The van der Waals surface area contributed by atoms with Gasteiger partial charge in [-0.25, -0.2) is 8.42 Å². The van der Waals surface area contributed by atoms with Gasteiger partial charge in [0, 0.05) is 19.3 Å². The molecule has 3 fully saturated rings. The van der Waals surface area contributed by atoms with Crippen molar-refractivity contribution in [3.8, 4) is 0 Å². The molecule has 1 aliphatic heterocycles. The first-order chi connectivity index (χ1) is 9.50. The number of sulfone groups is 1. The van der Waals surface area contributed by atoms with Crippen molar-refractivity contribution in [2.45, 2.75) is 68.3 Å². The highest BCUT2D eigenvalue weighted by Gasteiger charge is 2.51. The molecule has 3 aliphatic rings. The number of hydrogen-bond acceptors (Lipinski definition) is 4. The zero-order chi connectivity index (χ0) is 14.2. The molecule has 0 aromatic carbocycles. The van der Waals surface area contributed by atoms with Crippen LogP contribution in [0.1, 0.15) is 51.4 Å². The minimum absolute atomic E-state index is 0.203. The summed E-state index contributed by atoms with van der Waals surface area (Å²) in [5, 5.41) is 3.14. The maximum Gasteiger partial charge on any atom is 0.153 e. The molecule has 4 nitrogen and oxygen atoms in total. The van der Waals surface area contributed by atoms with Crippen molar-refractivity contribution < 1.29 is 13.2 Å². The van der Waals surface area contributed by atoms with Gasteiger partial charge in [-0.2, -0.15) is 0 Å². The van der Waals surface area contributed by atoms with Crippen LogP contribution in [0.15, 0.2) is 0 Å². The Morgan fingerprint density at radius 3 is 2.65 bits per heavy atom. The third kappa shape index (κ3) is 2.90. The molecule has 0 aromatic rings. The van der Waals surface area contributed by atoms with Gasteiger partial charge in [0.25, 0.3) is 0 Å². The van der Waals surface area contributed by atoms with Crippen LogP contribution in [-0.2, 0) is 14.6 Å². The molecule has 3 unspecified atom stereocenters. The van der Waals surface area contributed by atoms with Gasteiger partial charge in [-0.3, -0.25) is 0 Å². The Hall–Kier alpha value is -0.130. The van der Waals surface area contributed by atoms with E-state index in [2.05, 4.69) is 5.32 Å². The van der Waals surface area contributed by atoms with Gasteiger partial charge >= 0.3 is 0 Å². The molecule has 3 atom stereocenters. The van der Waals surface area contributed by atoms with Crippen LogP contribution in [0.25, 0.3) is 0 Å². The second-order valence-corrected chi connectivity index (χ2v) is 9.26. The van der Waals surface area contributed by atoms with E-state index in [1.165, 1.54) is 31.9 Å². The molecule has 2 saturated carbocycles. The normalized spacial score (nSPS) is 39.6. The predicted octanol–water partition coefficient (Wildman–Crippen LogP) is 1.89. The summed E-state index contributed by atoms with van der Waals surface area (Å²) in [5.41, 5.74) is -0.449. The fourth-order valence-electron chi connectivity index (χ4n) is 4.56. The first-order valence-corrected chi connectivity index (χ1v) is 10.0. The smallest absolute Gasteiger partial charge is 0.153 e. The Bertz CT molecular complexity index is 444. The predicted molar refractivity (Wildman–Crippen MR) is 79.5 cm³/mol. The van der Waals surface area contributed by atoms with Crippen molar-refractivity contribution in [1.29, 1.82) is 0 Å². The standard InChI is InChI=1S/C15H27NO3S/c1-20(17,18)14-7-4-8-15(14)11-16-10-13(19-15)9-12-5-2-3-6-12/h12-14,16H,2-11H2,1H3. The van der Waals surface area contributed by atoms with E-state index in [4.69, 9.17) is 4.74 Å². The van der Waals surface area contributed by atoms with Crippen LogP contribution in [0.4, 0.5) is 0 Å². The first-order valence-electron chi connectivity index (χ1n) is 8.07. The third-order valence-corrected chi connectivity index (χ3v) is 7.14. The number of hydrogen-bond donors (Lipinski definition) is 1. The van der Waals surface area contributed by atoms with Crippen LogP contribution in [0, 0.1) is 5.92 Å². The van der Waals surface area contributed by atoms with Crippen LogP contribution in [0.2, 0.25) is 0 Å². The highest BCUT2D eigenvalue weighted by Crippen LogP contribution is 2.41. The Kier molecular flexibility index (Phi) is 4.13. The van der Waals surface area contributed by atoms with Crippen molar-refractivity contribution >= 4 is 9.84 Å². The van der Waals surface area contributed by atoms with Crippen LogP contribution < -0.4 is 5.32 Å². The fourth-order valence-corrected chi connectivity index (χ4v) is 6.19. The highest BCUT2D eigenvalue weighted by atomic mass is 32.2. The molecule has 5 heteroatoms. The number of ether oxygens (including phenoxy) is 1. The maximum absolute atomic E-state index is 12.1. The van der Waals surface area contributed by atoms with Gasteiger partial charge in [0.2, 0.25) is 0 Å². The lowest BCUT2D eigenvalue weighted by atomic mass is 9.94. The van der Waals surface area contributed by atoms with Gasteiger partial charge in [-0.15, -0.1) is 0 Å². The minimum atomic E-state index is -3.03. The van der Waals surface area contributed by atoms with Crippen LogP contribution in [0.3, 0.4) is 0 Å². The summed E-state index contributed by atoms with van der Waals surface area (Å²) in [6.45, 7) is 1.58. The molecular formula is C15H27NO3S. The van der Waals surface area contributed by atoms with Crippen LogP contribution in [0.5, 0.6) is 0 Å². The second kappa shape index (κ2) is 5.58. The van der Waals surface area contributed by atoms with E-state index in [1.54, 1.807) is 0 Å². The van der Waals surface area contributed by atoms with Gasteiger partial charge in [0.1, 0.15) is 0 Å². The van der Waals surface area contributed by atoms with E-state index in [0.29, 0.717) is 6.54 Å². The van der Waals surface area contributed by atoms with Crippen LogP contribution >= 0.6 is 0 Å². The van der Waals surface area contributed by atoms with E-state index in [0.717, 1.165) is 38.1 Å². The highest BCUT2D eigenvalue weighted by molar-refractivity contribution is 7.91. The lowest BCUT2D eigenvalue weighted by Gasteiger charge is -2.43. The molecule has 1 N–H and O–H groups in total. The van der Waals surface area contributed by atoms with E-state index < -0.39 is 15.4 Å². The maximum atomic E-state index is 12.1. The Labute approximate surface area is 122 Å². The summed E-state index contributed by atoms with van der Waals surface area (Å²) < 4.78 is 30.5. The Morgan fingerprint density at radius 1 is 1.20 bits per heavy atom. The van der Waals surface area contributed by atoms with Gasteiger partial charge in [-0.05, 0) is 31.6 Å². The van der Waals surface area contributed by atoms with Crippen molar-refractivity contribution in [2.75, 3.05) is 19.3 Å². The molecule has 0 aromatic heterocycles. The van der Waals surface area contributed by atoms with E-state index in [9.17, 15) is 8.42 Å². The molecule has 2 aliphatic carbocycles. The Balaban J connectivity index is 1.70. The van der Waals surface area contributed by atoms with Gasteiger partial charge < -0.3 is 10.1 Å². The van der Waals surface area contributed by atoms with E-state index >= 15 is 0 Å². The summed E-state index contributed by atoms with van der Waals surface area (Å²) >= 11 is 0. The van der Waals surface area contributed by atoms with E-state index in [1.807, 2.05) is 0 Å². The van der Waals surface area contributed by atoms with Gasteiger partial charge in [0.15, 0.2) is 9.84 Å². The molecule has 1 spiro atoms. The SMILES string of the molecule is CS(=O)(=O)C1CCCC12CNCC(CC1CCCC1)O2. The fraction of sp³-hybridized carbons (Fsp3) is 1.00. The number of morpholine rings is 1. The Morgan fingerprint density at radius 2 is 1.95 bits per heavy atom. The molecule has 3 rings (SSSR count). The van der Waals surface area contributed by atoms with Crippen molar-refractivity contribution in [3.05, 3.63) is 0 Å². The molecule has 0 amide bonds. The molecule has 1 saturated heterocycles. The molecule has 20 heavy (non-hydrogen) atoms. The lowest BCUT2D eigenvalue weighted by Crippen LogP contribution is -2.59. The minimum Gasteiger partial charge on any atom is -0.368 e. The molecule has 0 bridgehead atoms. The monoisotopic (exact) mass is 301 g/mol. The van der Waals surface area contributed by atoms with Gasteiger partial charge in [-0.1, -0.05) is 25.7 Å². The topological polar surface area (TPSA) is 55.4 Å².